The normalized spacial score (nSPS) is 9.31. The van der Waals surface area contributed by atoms with E-state index >= 15 is 0 Å². The smallest absolute Gasteiger partial charge is 0.371 e. The van der Waals surface area contributed by atoms with Gasteiger partial charge in [-0.2, -0.15) is 0 Å². The van der Waals surface area contributed by atoms with Gasteiger partial charge in [-0.1, -0.05) is 12.1 Å². The Morgan fingerprint density at radius 2 is 2.00 bits per heavy atom. The highest BCUT2D eigenvalue weighted by Crippen LogP contribution is 2.19. The molecule has 0 N–H and O–H groups in total. The van der Waals surface area contributed by atoms with Crippen molar-refractivity contribution in [2.45, 2.75) is 4.90 Å². The Labute approximate surface area is 80.1 Å². The Hall–Kier alpha value is -1.29. The molecule has 1 rings (SSSR count). The van der Waals surface area contributed by atoms with Crippen LogP contribution in [-0.2, 0) is 4.74 Å². The topological polar surface area (TPSA) is 43.4 Å². The molecule has 1 aromatic carbocycles. The number of hydrogen-bond donors (Lipinski definition) is 0. The Kier molecular flexibility index (Phi) is 3.52. The van der Waals surface area contributed by atoms with E-state index in [4.69, 9.17) is 0 Å². The van der Waals surface area contributed by atoms with E-state index in [1.165, 1.54) is 7.11 Å². The maximum atomic E-state index is 10.8. The molecule has 0 amide bonds. The second-order valence-corrected chi connectivity index (χ2v) is 3.25. The number of rotatable bonds is 2. The van der Waals surface area contributed by atoms with Gasteiger partial charge in [0.05, 0.1) is 7.11 Å². The molecular formula is C9H8O3S. The maximum Gasteiger partial charge on any atom is 0.371 e. The second kappa shape index (κ2) is 4.67. The van der Waals surface area contributed by atoms with E-state index in [1.807, 2.05) is 0 Å². The molecular weight excluding hydrogens is 188 g/mol. The number of benzene rings is 1. The summed E-state index contributed by atoms with van der Waals surface area (Å²) < 4.78 is 4.47. The van der Waals surface area contributed by atoms with Gasteiger partial charge in [0.1, 0.15) is 6.29 Å². The molecule has 0 saturated carbocycles. The van der Waals surface area contributed by atoms with Gasteiger partial charge >= 0.3 is 5.30 Å². The molecule has 3 nitrogen and oxygen atoms in total. The van der Waals surface area contributed by atoms with Crippen LogP contribution in [0.1, 0.15) is 10.4 Å². The minimum Gasteiger partial charge on any atom is -0.461 e. The number of carbonyl (C=O) groups is 2. The molecule has 0 bridgehead atoms. The zero-order valence-electron chi connectivity index (χ0n) is 7.02. The Bertz CT molecular complexity index is 305. The fraction of sp³-hybridized carbons (Fsp3) is 0.111. The number of carbonyl (C=O) groups excluding carboxylic acids is 2. The van der Waals surface area contributed by atoms with Crippen LogP contribution in [0.5, 0.6) is 0 Å². The van der Waals surface area contributed by atoms with Crippen molar-refractivity contribution in [3.63, 3.8) is 0 Å². The van der Waals surface area contributed by atoms with Crippen LogP contribution in [0.15, 0.2) is 29.2 Å². The highest BCUT2D eigenvalue weighted by Gasteiger charge is 2.02. The summed E-state index contributed by atoms with van der Waals surface area (Å²) in [5.41, 5.74) is 0.592. The van der Waals surface area contributed by atoms with Gasteiger partial charge in [0.15, 0.2) is 0 Å². The summed E-state index contributed by atoms with van der Waals surface area (Å²) in [5, 5.41) is -0.362. The van der Waals surface area contributed by atoms with Crippen molar-refractivity contribution in [3.05, 3.63) is 29.8 Å². The highest BCUT2D eigenvalue weighted by molar-refractivity contribution is 8.13. The third kappa shape index (κ3) is 2.91. The molecule has 0 unspecified atom stereocenters. The number of ether oxygens (including phenoxy) is 1. The maximum absolute atomic E-state index is 10.8. The quantitative estimate of drug-likeness (QED) is 0.413. The molecule has 68 valence electrons. The van der Waals surface area contributed by atoms with Gasteiger partial charge in [-0.15, -0.1) is 0 Å². The second-order valence-electron chi connectivity index (χ2n) is 2.24. The third-order valence-electron chi connectivity index (χ3n) is 1.38. The molecule has 0 aliphatic rings. The standard InChI is InChI=1S/C9H8O3S/c1-12-9(11)13-8-4-2-7(6-10)3-5-8/h2-6H,1H3. The average Bonchev–Trinajstić information content (AvgIpc) is 2.19. The molecule has 1 aromatic rings. The largest absolute Gasteiger partial charge is 0.461 e. The molecule has 13 heavy (non-hydrogen) atoms. The summed E-state index contributed by atoms with van der Waals surface area (Å²) in [7, 11) is 1.33. The summed E-state index contributed by atoms with van der Waals surface area (Å²) in [4.78, 5) is 21.9. The van der Waals surface area contributed by atoms with E-state index < -0.39 is 0 Å². The van der Waals surface area contributed by atoms with E-state index in [2.05, 4.69) is 4.74 Å². The fourth-order valence-electron chi connectivity index (χ4n) is 0.752. The molecule has 0 saturated heterocycles. The molecule has 0 aliphatic heterocycles. The zero-order valence-corrected chi connectivity index (χ0v) is 7.84. The van der Waals surface area contributed by atoms with E-state index in [-0.39, 0.29) is 5.30 Å². The van der Waals surface area contributed by atoms with Crippen LogP contribution in [0, 0.1) is 0 Å². The van der Waals surface area contributed by atoms with Gasteiger partial charge in [0.2, 0.25) is 0 Å². The minimum absolute atomic E-state index is 0.362. The van der Waals surface area contributed by atoms with Crippen LogP contribution in [0.25, 0.3) is 0 Å². The van der Waals surface area contributed by atoms with Gasteiger partial charge in [0.25, 0.3) is 0 Å². The average molecular weight is 196 g/mol. The van der Waals surface area contributed by atoms with Crippen LogP contribution in [0.2, 0.25) is 0 Å². The van der Waals surface area contributed by atoms with Crippen molar-refractivity contribution in [3.8, 4) is 0 Å². The van der Waals surface area contributed by atoms with E-state index in [0.717, 1.165) is 22.9 Å². The van der Waals surface area contributed by atoms with Crippen molar-refractivity contribution >= 4 is 23.3 Å². The van der Waals surface area contributed by atoms with Gasteiger partial charge in [0, 0.05) is 10.5 Å². The van der Waals surface area contributed by atoms with E-state index in [1.54, 1.807) is 24.3 Å². The first kappa shape index (κ1) is 9.80. The number of hydrogen-bond acceptors (Lipinski definition) is 4. The van der Waals surface area contributed by atoms with Crippen molar-refractivity contribution in [1.82, 2.24) is 0 Å². The highest BCUT2D eigenvalue weighted by atomic mass is 32.2. The fourth-order valence-corrected chi connectivity index (χ4v) is 1.30. The summed E-state index contributed by atoms with van der Waals surface area (Å²) in [6.45, 7) is 0. The molecule has 0 fully saturated rings. The van der Waals surface area contributed by atoms with Crippen molar-refractivity contribution in [2.24, 2.45) is 0 Å². The molecule has 0 aromatic heterocycles. The van der Waals surface area contributed by atoms with Crippen molar-refractivity contribution in [1.29, 1.82) is 0 Å². The third-order valence-corrected chi connectivity index (χ3v) is 2.23. The summed E-state index contributed by atoms with van der Waals surface area (Å²) in [6, 6.07) is 6.70. The number of aldehydes is 1. The predicted octanol–water partition coefficient (Wildman–Crippen LogP) is 2.36. The van der Waals surface area contributed by atoms with Gasteiger partial charge < -0.3 is 4.74 Å². The van der Waals surface area contributed by atoms with Crippen molar-refractivity contribution in [2.75, 3.05) is 7.11 Å². The molecule has 0 atom stereocenters. The Morgan fingerprint density at radius 1 is 1.38 bits per heavy atom. The lowest BCUT2D eigenvalue weighted by atomic mass is 10.2. The molecule has 4 heteroatoms. The molecule has 0 radical (unpaired) electrons. The van der Waals surface area contributed by atoms with Gasteiger partial charge in [-0.3, -0.25) is 4.79 Å². The first-order valence-electron chi connectivity index (χ1n) is 3.57. The summed E-state index contributed by atoms with van der Waals surface area (Å²) >= 11 is 0.986. The van der Waals surface area contributed by atoms with E-state index in [0.29, 0.717) is 5.56 Å². The molecule has 0 heterocycles. The number of methoxy groups -OCH3 is 1. The summed E-state index contributed by atoms with van der Waals surface area (Å²) in [5.74, 6) is 0. The van der Waals surface area contributed by atoms with Crippen LogP contribution >= 0.6 is 11.8 Å². The Morgan fingerprint density at radius 3 is 2.46 bits per heavy atom. The first-order valence-corrected chi connectivity index (χ1v) is 4.39. The van der Waals surface area contributed by atoms with Gasteiger partial charge in [-0.05, 0) is 23.9 Å². The monoisotopic (exact) mass is 196 g/mol. The lowest BCUT2D eigenvalue weighted by Gasteiger charge is -1.98. The number of thioether (sulfide) groups is 1. The minimum atomic E-state index is -0.362. The SMILES string of the molecule is COC(=O)Sc1ccc(C=O)cc1. The molecule has 0 spiro atoms. The lowest BCUT2D eigenvalue weighted by Crippen LogP contribution is -1.90. The van der Waals surface area contributed by atoms with Crippen LogP contribution < -0.4 is 0 Å². The lowest BCUT2D eigenvalue weighted by molar-refractivity contribution is 0.112. The molecule has 0 aliphatic carbocycles. The van der Waals surface area contributed by atoms with Crippen molar-refractivity contribution < 1.29 is 14.3 Å². The van der Waals surface area contributed by atoms with Crippen LogP contribution in [0.4, 0.5) is 4.79 Å². The Balaban J connectivity index is 2.69. The zero-order chi connectivity index (χ0) is 9.68. The summed E-state index contributed by atoms with van der Waals surface area (Å²) in [6.07, 6.45) is 0.757. The predicted molar refractivity (Wildman–Crippen MR) is 50.1 cm³/mol. The van der Waals surface area contributed by atoms with Gasteiger partial charge in [-0.25, -0.2) is 4.79 Å². The van der Waals surface area contributed by atoms with Crippen LogP contribution in [0.3, 0.4) is 0 Å². The van der Waals surface area contributed by atoms with Crippen LogP contribution in [-0.4, -0.2) is 18.7 Å². The van der Waals surface area contributed by atoms with E-state index in [9.17, 15) is 9.59 Å². The first-order chi connectivity index (χ1) is 6.26.